The molecule has 2 aromatic rings. The zero-order chi connectivity index (χ0) is 14.3. The fourth-order valence-electron chi connectivity index (χ4n) is 2.39. The molecule has 5 heteroatoms. The molecular weight excluding hydrogens is 328 g/mol. The van der Waals surface area contributed by atoms with E-state index >= 15 is 0 Å². The van der Waals surface area contributed by atoms with Gasteiger partial charge in [-0.05, 0) is 51.8 Å². The van der Waals surface area contributed by atoms with Crippen molar-refractivity contribution in [2.75, 3.05) is 0 Å². The molecule has 20 heavy (non-hydrogen) atoms. The van der Waals surface area contributed by atoms with Gasteiger partial charge in [0.15, 0.2) is 0 Å². The Hall–Kier alpha value is -1.46. The molecule has 0 spiro atoms. The van der Waals surface area contributed by atoms with Gasteiger partial charge in [-0.1, -0.05) is 6.07 Å². The van der Waals surface area contributed by atoms with Crippen LogP contribution in [0.15, 0.2) is 40.9 Å². The number of hydrogen-bond donors (Lipinski definition) is 1. The smallest absolute Gasteiger partial charge is 0.137 e. The van der Waals surface area contributed by atoms with Crippen molar-refractivity contribution in [3.05, 3.63) is 63.6 Å². The number of hydrogen-bond acceptors (Lipinski definition) is 2. The lowest BCUT2D eigenvalue weighted by Gasteiger charge is -2.30. The molecule has 1 heterocycles. The lowest BCUT2D eigenvalue weighted by Crippen LogP contribution is -2.24. The van der Waals surface area contributed by atoms with Gasteiger partial charge in [-0.25, -0.2) is 8.78 Å². The van der Waals surface area contributed by atoms with E-state index in [1.165, 1.54) is 18.2 Å². The van der Waals surface area contributed by atoms with Crippen molar-refractivity contribution < 1.29 is 13.5 Å². The lowest BCUT2D eigenvalue weighted by molar-refractivity contribution is 0.160. The highest BCUT2D eigenvalue weighted by atomic mass is 79.9. The Labute approximate surface area is 123 Å². The van der Waals surface area contributed by atoms with Crippen molar-refractivity contribution in [2.45, 2.75) is 18.6 Å². The molecule has 1 aliphatic rings. The van der Waals surface area contributed by atoms with Gasteiger partial charge < -0.3 is 10.5 Å². The third-order valence-corrected chi connectivity index (χ3v) is 4.07. The van der Waals surface area contributed by atoms with E-state index in [-0.39, 0.29) is 23.8 Å². The SMILES string of the molecule is NC1CC(c2ccc(Br)c(F)c2)Oc2ccc(F)cc21. The Morgan fingerprint density at radius 2 is 1.95 bits per heavy atom. The highest BCUT2D eigenvalue weighted by Crippen LogP contribution is 2.40. The van der Waals surface area contributed by atoms with Crippen LogP contribution in [0, 0.1) is 11.6 Å². The zero-order valence-corrected chi connectivity index (χ0v) is 12.0. The van der Waals surface area contributed by atoms with Crippen LogP contribution in [0.1, 0.15) is 29.7 Å². The third kappa shape index (κ3) is 2.43. The normalized spacial score (nSPS) is 21.2. The van der Waals surface area contributed by atoms with Gasteiger partial charge in [-0.3, -0.25) is 0 Å². The van der Waals surface area contributed by atoms with Gasteiger partial charge in [-0.2, -0.15) is 0 Å². The van der Waals surface area contributed by atoms with Crippen molar-refractivity contribution in [3.8, 4) is 5.75 Å². The van der Waals surface area contributed by atoms with Crippen molar-refractivity contribution in [1.29, 1.82) is 0 Å². The fraction of sp³-hybridized carbons (Fsp3) is 0.200. The molecule has 2 atom stereocenters. The van der Waals surface area contributed by atoms with E-state index in [2.05, 4.69) is 15.9 Å². The molecule has 1 aliphatic heterocycles. The van der Waals surface area contributed by atoms with Crippen LogP contribution < -0.4 is 10.5 Å². The van der Waals surface area contributed by atoms with Gasteiger partial charge >= 0.3 is 0 Å². The first-order valence-electron chi connectivity index (χ1n) is 6.21. The molecule has 0 aromatic heterocycles. The summed E-state index contributed by atoms with van der Waals surface area (Å²) in [6.45, 7) is 0. The molecule has 2 aromatic carbocycles. The molecule has 0 saturated carbocycles. The molecule has 0 radical (unpaired) electrons. The number of halogens is 3. The largest absolute Gasteiger partial charge is 0.485 e. The van der Waals surface area contributed by atoms with Crippen LogP contribution in [0.25, 0.3) is 0 Å². The summed E-state index contributed by atoms with van der Waals surface area (Å²) in [7, 11) is 0. The predicted octanol–water partition coefficient (Wildman–Crippen LogP) is 4.25. The van der Waals surface area contributed by atoms with E-state index in [1.54, 1.807) is 18.2 Å². The Kier molecular flexibility index (Phi) is 3.48. The van der Waals surface area contributed by atoms with E-state index in [0.717, 1.165) is 5.56 Å². The van der Waals surface area contributed by atoms with Crippen LogP contribution in [0.3, 0.4) is 0 Å². The van der Waals surface area contributed by atoms with Gasteiger partial charge in [0.25, 0.3) is 0 Å². The average Bonchev–Trinajstić information content (AvgIpc) is 2.42. The van der Waals surface area contributed by atoms with Gasteiger partial charge in [0.1, 0.15) is 23.5 Å². The summed E-state index contributed by atoms with van der Waals surface area (Å²) in [5.74, 6) is -0.126. The second kappa shape index (κ2) is 5.14. The van der Waals surface area contributed by atoms with Gasteiger partial charge in [-0.15, -0.1) is 0 Å². The summed E-state index contributed by atoms with van der Waals surface area (Å²) in [4.78, 5) is 0. The van der Waals surface area contributed by atoms with Crippen molar-refractivity contribution >= 4 is 15.9 Å². The van der Waals surface area contributed by atoms with Crippen LogP contribution in [-0.4, -0.2) is 0 Å². The third-order valence-electron chi connectivity index (χ3n) is 3.42. The number of benzene rings is 2. The van der Waals surface area contributed by atoms with E-state index in [1.807, 2.05) is 0 Å². The van der Waals surface area contributed by atoms with Crippen LogP contribution >= 0.6 is 15.9 Å². The van der Waals surface area contributed by atoms with E-state index in [9.17, 15) is 8.78 Å². The monoisotopic (exact) mass is 339 g/mol. The molecule has 2 nitrogen and oxygen atoms in total. The van der Waals surface area contributed by atoms with E-state index < -0.39 is 0 Å². The standard InChI is InChI=1S/C15H12BrF2NO/c16-11-3-1-8(5-12(11)18)15-7-13(19)10-6-9(17)2-4-14(10)20-15/h1-6,13,15H,7,19H2. The summed E-state index contributed by atoms with van der Waals surface area (Å²) in [6.07, 6.45) is 0.155. The first kappa shape index (κ1) is 13.5. The maximum atomic E-state index is 13.6. The zero-order valence-electron chi connectivity index (χ0n) is 10.4. The van der Waals surface area contributed by atoms with Gasteiger partial charge in [0, 0.05) is 18.0 Å². The van der Waals surface area contributed by atoms with Crippen LogP contribution in [0.4, 0.5) is 8.78 Å². The minimum atomic E-state index is -0.343. The van der Waals surface area contributed by atoms with E-state index in [4.69, 9.17) is 10.5 Å². The highest BCUT2D eigenvalue weighted by Gasteiger charge is 2.27. The molecule has 104 valence electrons. The van der Waals surface area contributed by atoms with E-state index in [0.29, 0.717) is 22.2 Å². The maximum Gasteiger partial charge on any atom is 0.137 e. The molecule has 0 bridgehead atoms. The number of nitrogens with two attached hydrogens (primary N) is 1. The first-order chi connectivity index (χ1) is 9.54. The molecule has 0 fully saturated rings. The lowest BCUT2D eigenvalue weighted by atomic mass is 9.93. The number of fused-ring (bicyclic) bond motifs is 1. The first-order valence-corrected chi connectivity index (χ1v) is 7.00. The van der Waals surface area contributed by atoms with Crippen molar-refractivity contribution in [2.24, 2.45) is 5.73 Å². The van der Waals surface area contributed by atoms with Crippen LogP contribution in [0.2, 0.25) is 0 Å². The molecule has 0 amide bonds. The topological polar surface area (TPSA) is 35.2 Å². The van der Waals surface area contributed by atoms with Crippen molar-refractivity contribution in [1.82, 2.24) is 0 Å². The Morgan fingerprint density at radius 3 is 2.70 bits per heavy atom. The number of rotatable bonds is 1. The molecular formula is C15H12BrF2NO. The predicted molar refractivity (Wildman–Crippen MR) is 75.4 cm³/mol. The molecule has 2 unspecified atom stereocenters. The maximum absolute atomic E-state index is 13.6. The summed E-state index contributed by atoms with van der Waals surface area (Å²) >= 11 is 3.12. The summed E-state index contributed by atoms with van der Waals surface area (Å²) < 4.78 is 33.0. The van der Waals surface area contributed by atoms with Gasteiger partial charge in [0.05, 0.1) is 4.47 Å². The Balaban J connectivity index is 1.94. The van der Waals surface area contributed by atoms with Crippen LogP contribution in [-0.2, 0) is 0 Å². The molecule has 3 rings (SSSR count). The summed E-state index contributed by atoms with van der Waals surface area (Å²) in [5, 5.41) is 0. The summed E-state index contributed by atoms with van der Waals surface area (Å²) in [6, 6.07) is 8.81. The Bertz CT molecular complexity index is 662. The molecule has 0 aliphatic carbocycles. The fourth-order valence-corrected chi connectivity index (χ4v) is 2.64. The average molecular weight is 340 g/mol. The Morgan fingerprint density at radius 1 is 1.15 bits per heavy atom. The minimum Gasteiger partial charge on any atom is -0.485 e. The highest BCUT2D eigenvalue weighted by molar-refractivity contribution is 9.10. The summed E-state index contributed by atoms with van der Waals surface area (Å²) in [5.41, 5.74) is 7.43. The minimum absolute atomic E-state index is 0.328. The quantitative estimate of drug-likeness (QED) is 0.842. The second-order valence-electron chi connectivity index (χ2n) is 4.80. The second-order valence-corrected chi connectivity index (χ2v) is 5.66. The molecule has 2 N–H and O–H groups in total. The molecule has 0 saturated heterocycles. The van der Waals surface area contributed by atoms with Crippen LogP contribution in [0.5, 0.6) is 5.75 Å². The van der Waals surface area contributed by atoms with Crippen molar-refractivity contribution in [3.63, 3.8) is 0 Å². The van der Waals surface area contributed by atoms with Gasteiger partial charge in [0.2, 0.25) is 0 Å². The number of ether oxygens (including phenoxy) is 1.